The predicted octanol–water partition coefficient (Wildman–Crippen LogP) is 12.6. The van der Waals surface area contributed by atoms with Crippen molar-refractivity contribution in [1.82, 2.24) is 0 Å². The zero-order valence-electron chi connectivity index (χ0n) is 26.8. The molecule has 1 aromatic heterocycles. The Morgan fingerprint density at radius 1 is 0.408 bits per heavy atom. The molecule has 10 aromatic carbocycles. The number of hydrogen-bond acceptors (Lipinski definition) is 2. The minimum absolute atomic E-state index is 0.215. The number of hydrogen-bond donors (Lipinski definition) is 1. The lowest BCUT2D eigenvalue weighted by atomic mass is 9.88. The molecule has 11 rings (SSSR count). The van der Waals surface area contributed by atoms with Crippen LogP contribution in [0.5, 0.6) is 0 Å². The van der Waals surface area contributed by atoms with Crippen LogP contribution in [0.1, 0.15) is 12.0 Å². The summed E-state index contributed by atoms with van der Waals surface area (Å²) in [6, 6.07) is 51.6. The Morgan fingerprint density at radius 2 is 0.857 bits per heavy atom. The number of rotatable bonds is 5. The monoisotopic (exact) mass is 626 g/mol. The van der Waals surface area contributed by atoms with Gasteiger partial charge in [0, 0.05) is 17.4 Å². The molecule has 2 nitrogen and oxygen atoms in total. The largest absolute Gasteiger partial charge is 0.456 e. The summed E-state index contributed by atoms with van der Waals surface area (Å²) < 4.78 is 6.65. The molecule has 0 spiro atoms. The van der Waals surface area contributed by atoms with Crippen LogP contribution in [0.3, 0.4) is 0 Å². The highest BCUT2D eigenvalue weighted by molar-refractivity contribution is 6.27. The smallest absolute Gasteiger partial charge is 0.136 e. The highest BCUT2D eigenvalue weighted by atomic mass is 16.3. The van der Waals surface area contributed by atoms with Gasteiger partial charge in [-0.15, -0.1) is 0 Å². The summed E-state index contributed by atoms with van der Waals surface area (Å²) in [7, 11) is 0. The van der Waals surface area contributed by atoms with E-state index < -0.39 is 0 Å². The van der Waals surface area contributed by atoms with Gasteiger partial charge in [-0.05, 0) is 130 Å². The van der Waals surface area contributed by atoms with E-state index in [2.05, 4.69) is 140 Å². The second-order valence-corrected chi connectivity index (χ2v) is 13.6. The van der Waals surface area contributed by atoms with E-state index in [0.717, 1.165) is 45.9 Å². The Bertz CT molecular complexity index is 3050. The molecule has 0 amide bonds. The molecule has 49 heavy (non-hydrogen) atoms. The number of furan rings is 1. The lowest BCUT2D eigenvalue weighted by molar-refractivity contribution is 0.288. The van der Waals surface area contributed by atoms with Crippen LogP contribution in [0.4, 0.5) is 0 Å². The Morgan fingerprint density at radius 3 is 1.43 bits per heavy atom. The lowest BCUT2D eigenvalue weighted by Gasteiger charge is -2.15. The van der Waals surface area contributed by atoms with Crippen molar-refractivity contribution < 1.29 is 9.52 Å². The van der Waals surface area contributed by atoms with Crippen molar-refractivity contribution >= 4 is 86.6 Å². The van der Waals surface area contributed by atoms with E-state index in [4.69, 9.17) is 4.42 Å². The molecule has 2 heteroatoms. The van der Waals surface area contributed by atoms with Crippen molar-refractivity contribution in [3.05, 3.63) is 145 Å². The molecule has 0 fully saturated rings. The van der Waals surface area contributed by atoms with Crippen LogP contribution in [0.15, 0.2) is 144 Å². The third kappa shape index (κ3) is 3.87. The quantitative estimate of drug-likeness (QED) is 0.193. The molecule has 0 aliphatic heterocycles. The average molecular weight is 627 g/mol. The van der Waals surface area contributed by atoms with E-state index in [0.29, 0.717) is 0 Å². The first-order valence-electron chi connectivity index (χ1n) is 17.2. The van der Waals surface area contributed by atoms with Crippen molar-refractivity contribution in [2.45, 2.75) is 12.8 Å². The molecule has 0 aliphatic rings. The molecule has 1 N–H and O–H groups in total. The topological polar surface area (TPSA) is 33.4 Å². The maximum absolute atomic E-state index is 9.38. The normalized spacial score (nSPS) is 12.4. The van der Waals surface area contributed by atoms with Crippen LogP contribution in [0.2, 0.25) is 0 Å². The molecule has 1 heterocycles. The van der Waals surface area contributed by atoms with E-state index in [1.165, 1.54) is 81.3 Å². The molecule has 0 saturated carbocycles. The van der Waals surface area contributed by atoms with Crippen molar-refractivity contribution in [3.63, 3.8) is 0 Å². The first-order valence-corrected chi connectivity index (χ1v) is 17.2. The molecule has 11 aromatic rings. The molecule has 230 valence electrons. The molecular weight excluding hydrogens is 597 g/mol. The Hall–Kier alpha value is -5.96. The number of fused-ring (bicyclic) bond motifs is 3. The van der Waals surface area contributed by atoms with E-state index in [9.17, 15) is 5.11 Å². The van der Waals surface area contributed by atoms with Gasteiger partial charge in [0.05, 0.1) is 0 Å². The van der Waals surface area contributed by atoms with Gasteiger partial charge in [0.2, 0.25) is 0 Å². The van der Waals surface area contributed by atoms with Gasteiger partial charge in [-0.25, -0.2) is 0 Å². The maximum Gasteiger partial charge on any atom is 0.136 e. The summed E-state index contributed by atoms with van der Waals surface area (Å²) in [5.41, 5.74) is 7.84. The van der Waals surface area contributed by atoms with Crippen LogP contribution in [-0.4, -0.2) is 11.7 Å². The van der Waals surface area contributed by atoms with Crippen LogP contribution >= 0.6 is 0 Å². The standard InChI is InChI=1S/C47H30O2/c48-22-2-3-27-23-34-9-8-31-11-17-37(41-21-15-35(24-27)45(34)47(31)41)33-14-19-39-38-18-13-32(25-42(38)49-43(39)26-33)36-16-10-30-7-6-28-4-1-5-29-12-20-40(36)46(30)44(28)29/h1,4-21,23-26,48H,2-3,22H2. The summed E-state index contributed by atoms with van der Waals surface area (Å²) in [4.78, 5) is 0. The zero-order valence-corrected chi connectivity index (χ0v) is 26.8. The fourth-order valence-corrected chi connectivity index (χ4v) is 8.66. The van der Waals surface area contributed by atoms with Gasteiger partial charge >= 0.3 is 0 Å². The Kier molecular flexibility index (Phi) is 5.53. The summed E-state index contributed by atoms with van der Waals surface area (Å²) in [6.45, 7) is 0.215. The van der Waals surface area contributed by atoms with Gasteiger partial charge in [0.15, 0.2) is 0 Å². The van der Waals surface area contributed by atoms with E-state index in [-0.39, 0.29) is 6.61 Å². The lowest BCUT2D eigenvalue weighted by Crippen LogP contribution is -1.92. The Balaban J connectivity index is 1.05. The maximum atomic E-state index is 9.38. The van der Waals surface area contributed by atoms with Crippen molar-refractivity contribution in [1.29, 1.82) is 0 Å². The van der Waals surface area contributed by atoms with E-state index in [1.54, 1.807) is 0 Å². The van der Waals surface area contributed by atoms with Crippen molar-refractivity contribution in [2.75, 3.05) is 6.61 Å². The van der Waals surface area contributed by atoms with E-state index >= 15 is 0 Å². The third-order valence-corrected chi connectivity index (χ3v) is 10.9. The second kappa shape index (κ2) is 10.0. The highest BCUT2D eigenvalue weighted by Gasteiger charge is 2.17. The molecule has 0 saturated heterocycles. The number of aryl methyl sites for hydroxylation is 1. The Labute approximate surface area is 282 Å². The second-order valence-electron chi connectivity index (χ2n) is 13.6. The number of aliphatic hydroxyl groups is 1. The van der Waals surface area contributed by atoms with Crippen LogP contribution in [0.25, 0.3) is 109 Å². The minimum atomic E-state index is 0.215. The van der Waals surface area contributed by atoms with Crippen molar-refractivity contribution in [2.24, 2.45) is 0 Å². The molecule has 0 unspecified atom stereocenters. The summed E-state index contributed by atoms with van der Waals surface area (Å²) in [5.74, 6) is 0. The third-order valence-electron chi connectivity index (χ3n) is 10.9. The number of benzene rings is 10. The number of aliphatic hydroxyl groups excluding tert-OH is 1. The molecule has 0 radical (unpaired) electrons. The van der Waals surface area contributed by atoms with Gasteiger partial charge in [-0.2, -0.15) is 0 Å². The molecule has 0 bridgehead atoms. The first kappa shape index (κ1) is 27.0. The first-order chi connectivity index (χ1) is 24.2. The predicted molar refractivity (Wildman–Crippen MR) is 207 cm³/mol. The van der Waals surface area contributed by atoms with Gasteiger partial charge < -0.3 is 9.52 Å². The van der Waals surface area contributed by atoms with Crippen molar-refractivity contribution in [3.8, 4) is 22.3 Å². The SMILES string of the molecule is OCCCc1cc2ccc3ccc(-c4ccc5c(c4)oc4cc(-c6ccc7ccc8cccc9ccc6c7c89)ccc45)c4ccc(c1)c2c34. The fourth-order valence-electron chi connectivity index (χ4n) is 8.66. The van der Waals surface area contributed by atoms with Gasteiger partial charge in [-0.1, -0.05) is 115 Å². The molecule has 0 atom stereocenters. The highest BCUT2D eigenvalue weighted by Crippen LogP contribution is 2.43. The van der Waals surface area contributed by atoms with Gasteiger partial charge in [0.25, 0.3) is 0 Å². The summed E-state index contributed by atoms with van der Waals surface area (Å²) in [5, 5.41) is 27.1. The fraction of sp³-hybridized carbons (Fsp3) is 0.0638. The van der Waals surface area contributed by atoms with Gasteiger partial charge in [-0.3, -0.25) is 0 Å². The summed E-state index contributed by atoms with van der Waals surface area (Å²) >= 11 is 0. The van der Waals surface area contributed by atoms with Crippen LogP contribution in [-0.2, 0) is 6.42 Å². The van der Waals surface area contributed by atoms with Crippen LogP contribution < -0.4 is 0 Å². The van der Waals surface area contributed by atoms with E-state index in [1.807, 2.05) is 0 Å². The summed E-state index contributed by atoms with van der Waals surface area (Å²) in [6.07, 6.45) is 1.67. The molecule has 0 aliphatic carbocycles. The zero-order chi connectivity index (χ0) is 32.2. The average Bonchev–Trinajstić information content (AvgIpc) is 3.52. The van der Waals surface area contributed by atoms with Crippen LogP contribution in [0, 0.1) is 0 Å². The molecular formula is C47H30O2. The van der Waals surface area contributed by atoms with Gasteiger partial charge in [0.1, 0.15) is 11.2 Å². The minimum Gasteiger partial charge on any atom is -0.456 e.